The summed E-state index contributed by atoms with van der Waals surface area (Å²) in [5, 5.41) is 13.9. The molecule has 4 rings (SSSR count). The second-order valence-electron chi connectivity index (χ2n) is 6.48. The van der Waals surface area contributed by atoms with Crippen LogP contribution in [0.25, 0.3) is 0 Å². The van der Waals surface area contributed by atoms with Gasteiger partial charge in [-0.1, -0.05) is 40.9 Å². The number of hydrogen-bond acceptors (Lipinski definition) is 5. The van der Waals surface area contributed by atoms with Gasteiger partial charge in [0.25, 0.3) is 0 Å². The molecule has 0 bridgehead atoms. The number of carboxylic acids is 1. The Bertz CT molecular complexity index is 910. The highest BCUT2D eigenvalue weighted by Crippen LogP contribution is 2.46. The molecule has 2 aromatic carbocycles. The summed E-state index contributed by atoms with van der Waals surface area (Å²) in [5.74, 6) is -0.989. The van der Waals surface area contributed by atoms with Crippen LogP contribution < -0.4 is 5.06 Å². The van der Waals surface area contributed by atoms with E-state index in [-0.39, 0.29) is 13.2 Å². The van der Waals surface area contributed by atoms with Crippen LogP contribution in [0.5, 0.6) is 0 Å². The van der Waals surface area contributed by atoms with Crippen LogP contribution in [-0.4, -0.2) is 35.8 Å². The van der Waals surface area contributed by atoms with Crippen LogP contribution in [0.2, 0.25) is 15.1 Å². The van der Waals surface area contributed by atoms with Crippen LogP contribution >= 0.6 is 34.8 Å². The Balaban J connectivity index is 1.59. The maximum absolute atomic E-state index is 11.2. The molecular formula is C18H15Cl3N2O4. The van der Waals surface area contributed by atoms with Crippen molar-refractivity contribution in [3.8, 4) is 0 Å². The minimum Gasteiger partial charge on any atom is -0.480 e. The minimum absolute atomic E-state index is 0.238. The normalized spacial score (nSPS) is 21.8. The van der Waals surface area contributed by atoms with E-state index in [1.54, 1.807) is 35.4 Å². The van der Waals surface area contributed by atoms with Gasteiger partial charge in [0.15, 0.2) is 5.60 Å². The molecule has 6 nitrogen and oxygen atoms in total. The maximum Gasteiger partial charge on any atom is 0.325 e. The van der Waals surface area contributed by atoms with Crippen molar-refractivity contribution in [2.45, 2.75) is 12.1 Å². The zero-order valence-electron chi connectivity index (χ0n) is 14.0. The molecule has 0 aliphatic carbocycles. The topological polar surface area (TPSA) is 62.2 Å². The van der Waals surface area contributed by atoms with Gasteiger partial charge in [-0.3, -0.25) is 14.5 Å². The molecule has 1 fully saturated rings. The van der Waals surface area contributed by atoms with Crippen molar-refractivity contribution >= 4 is 46.5 Å². The molecule has 1 saturated heterocycles. The maximum atomic E-state index is 11.2. The zero-order chi connectivity index (χ0) is 19.2. The number of anilines is 1. The smallest absolute Gasteiger partial charge is 0.325 e. The summed E-state index contributed by atoms with van der Waals surface area (Å²) in [5.41, 5.74) is 1.52. The third-order valence-corrected chi connectivity index (χ3v) is 5.38. The molecule has 1 atom stereocenters. The summed E-state index contributed by atoms with van der Waals surface area (Å²) in [6.45, 7) is 0.798. The Morgan fingerprint density at radius 3 is 2.63 bits per heavy atom. The van der Waals surface area contributed by atoms with E-state index in [2.05, 4.69) is 0 Å². The van der Waals surface area contributed by atoms with Crippen LogP contribution in [0.1, 0.15) is 11.1 Å². The zero-order valence-corrected chi connectivity index (χ0v) is 16.3. The van der Waals surface area contributed by atoms with Gasteiger partial charge in [-0.15, -0.1) is 0 Å². The molecule has 2 aliphatic rings. The summed E-state index contributed by atoms with van der Waals surface area (Å²) < 4.78 is 0. The highest BCUT2D eigenvalue weighted by Gasteiger charge is 2.51. The van der Waals surface area contributed by atoms with Crippen molar-refractivity contribution in [1.29, 1.82) is 0 Å². The van der Waals surface area contributed by atoms with Gasteiger partial charge in [0, 0.05) is 20.6 Å². The molecule has 1 spiro atoms. The van der Waals surface area contributed by atoms with Crippen molar-refractivity contribution in [2.75, 3.05) is 24.8 Å². The van der Waals surface area contributed by atoms with E-state index in [9.17, 15) is 9.90 Å². The summed E-state index contributed by atoms with van der Waals surface area (Å²) in [4.78, 5) is 23.1. The third kappa shape index (κ3) is 3.61. The Morgan fingerprint density at radius 1 is 1.15 bits per heavy atom. The Labute approximate surface area is 170 Å². The highest BCUT2D eigenvalue weighted by molar-refractivity contribution is 6.35. The lowest BCUT2D eigenvalue weighted by atomic mass is 9.94. The number of aliphatic carboxylic acids is 1. The predicted octanol–water partition coefficient (Wildman–Crippen LogP) is 4.13. The van der Waals surface area contributed by atoms with E-state index in [0.29, 0.717) is 33.8 Å². The highest BCUT2D eigenvalue weighted by atomic mass is 35.5. The molecule has 27 heavy (non-hydrogen) atoms. The number of hydroxylamine groups is 3. The molecule has 2 aromatic rings. The average molecular weight is 430 g/mol. The van der Waals surface area contributed by atoms with Gasteiger partial charge in [-0.25, -0.2) is 5.06 Å². The molecule has 0 amide bonds. The fourth-order valence-corrected chi connectivity index (χ4v) is 4.01. The van der Waals surface area contributed by atoms with E-state index in [4.69, 9.17) is 44.5 Å². The number of carbonyl (C=O) groups is 1. The first-order chi connectivity index (χ1) is 12.9. The minimum atomic E-state index is -0.989. The monoisotopic (exact) mass is 428 g/mol. The Kier molecular flexibility index (Phi) is 4.96. The van der Waals surface area contributed by atoms with Crippen molar-refractivity contribution < 1.29 is 19.6 Å². The van der Waals surface area contributed by atoms with E-state index >= 15 is 0 Å². The van der Waals surface area contributed by atoms with Gasteiger partial charge in [0.1, 0.15) is 13.2 Å². The summed E-state index contributed by atoms with van der Waals surface area (Å²) >= 11 is 18.4. The van der Waals surface area contributed by atoms with Gasteiger partial charge in [0.2, 0.25) is 0 Å². The molecular weight excluding hydrogens is 415 g/mol. The number of nitrogens with zero attached hydrogens (tertiary/aromatic N) is 2. The average Bonchev–Trinajstić information content (AvgIpc) is 3.12. The molecule has 9 heteroatoms. The lowest BCUT2D eigenvalue weighted by Gasteiger charge is -2.23. The molecule has 0 radical (unpaired) electrons. The van der Waals surface area contributed by atoms with Gasteiger partial charge in [-0.2, -0.15) is 5.06 Å². The number of halogens is 3. The van der Waals surface area contributed by atoms with E-state index < -0.39 is 11.6 Å². The van der Waals surface area contributed by atoms with Crippen molar-refractivity contribution in [3.63, 3.8) is 0 Å². The molecule has 2 heterocycles. The summed E-state index contributed by atoms with van der Waals surface area (Å²) in [6, 6.07) is 10.5. The van der Waals surface area contributed by atoms with Crippen molar-refractivity contribution in [2.24, 2.45) is 0 Å². The second-order valence-corrected chi connectivity index (χ2v) is 7.76. The summed E-state index contributed by atoms with van der Waals surface area (Å²) in [7, 11) is 0. The SMILES string of the molecule is O=C(O)CN1OC2(CON(Cc3ccc(Cl)cc3Cl)C2)c2cc(Cl)ccc21. The second kappa shape index (κ2) is 7.13. The largest absolute Gasteiger partial charge is 0.480 e. The number of fused-ring (bicyclic) bond motifs is 2. The van der Waals surface area contributed by atoms with Gasteiger partial charge >= 0.3 is 5.97 Å². The number of carboxylic acid groups (broad SMARTS) is 1. The molecule has 1 N–H and O–H groups in total. The number of rotatable bonds is 4. The molecule has 2 aliphatic heterocycles. The standard InChI is InChI=1S/C18H15Cl3N2O4/c19-12-3-4-16-14(5-12)18(27-23(16)8-17(24)25)9-22(26-10-18)7-11-1-2-13(20)6-15(11)21/h1-6H,7-10H2,(H,24,25). The fourth-order valence-electron chi connectivity index (χ4n) is 3.37. The first-order valence-electron chi connectivity index (χ1n) is 8.17. The first-order valence-corrected chi connectivity index (χ1v) is 9.30. The van der Waals surface area contributed by atoms with E-state index in [1.165, 1.54) is 5.06 Å². The van der Waals surface area contributed by atoms with Crippen LogP contribution in [0.15, 0.2) is 36.4 Å². The molecule has 0 saturated carbocycles. The molecule has 1 unspecified atom stereocenters. The number of benzene rings is 2. The van der Waals surface area contributed by atoms with Crippen molar-refractivity contribution in [3.05, 3.63) is 62.6 Å². The fraction of sp³-hybridized carbons (Fsp3) is 0.278. The number of hydrogen-bond donors (Lipinski definition) is 1. The van der Waals surface area contributed by atoms with Crippen LogP contribution in [0.3, 0.4) is 0 Å². The van der Waals surface area contributed by atoms with Gasteiger partial charge in [-0.05, 0) is 35.9 Å². The van der Waals surface area contributed by atoms with Gasteiger partial charge < -0.3 is 5.11 Å². The lowest BCUT2D eigenvalue weighted by Crippen LogP contribution is -2.37. The van der Waals surface area contributed by atoms with Gasteiger partial charge in [0.05, 0.1) is 18.8 Å². The molecule has 142 valence electrons. The van der Waals surface area contributed by atoms with Crippen molar-refractivity contribution in [1.82, 2.24) is 5.06 Å². The lowest BCUT2D eigenvalue weighted by molar-refractivity contribution is -0.138. The Morgan fingerprint density at radius 2 is 1.89 bits per heavy atom. The molecule has 0 aromatic heterocycles. The predicted molar refractivity (Wildman–Crippen MR) is 102 cm³/mol. The quantitative estimate of drug-likeness (QED) is 0.789. The summed E-state index contributed by atoms with van der Waals surface area (Å²) in [6.07, 6.45) is 0. The van der Waals surface area contributed by atoms with Crippen LogP contribution in [0.4, 0.5) is 5.69 Å². The Hall–Kier alpha value is -1.54. The van der Waals surface area contributed by atoms with Crippen LogP contribution in [-0.2, 0) is 26.6 Å². The van der Waals surface area contributed by atoms with Crippen LogP contribution in [0, 0.1) is 0 Å². The third-order valence-electron chi connectivity index (χ3n) is 4.56. The first kappa shape index (κ1) is 18.8. The van der Waals surface area contributed by atoms with E-state index in [0.717, 1.165) is 11.1 Å². The van der Waals surface area contributed by atoms with E-state index in [1.807, 2.05) is 6.07 Å².